The van der Waals surface area contributed by atoms with Crippen molar-refractivity contribution in [1.82, 2.24) is 15.5 Å². The topological polar surface area (TPSA) is 58.1 Å². The number of hydrogen-bond acceptors (Lipinski definition) is 4. The number of ether oxygens (including phenoxy) is 2. The molecule has 2 fully saturated rings. The highest BCUT2D eigenvalue weighted by Crippen LogP contribution is 2.18. The highest BCUT2D eigenvalue weighted by atomic mass is 127. The summed E-state index contributed by atoms with van der Waals surface area (Å²) in [5, 5.41) is 6.79. The molecule has 2 aliphatic heterocycles. The number of benzene rings is 1. The number of nitrogens with zero attached hydrogens (tertiary/aromatic N) is 2. The van der Waals surface area contributed by atoms with Crippen LogP contribution in [0, 0.1) is 11.6 Å². The van der Waals surface area contributed by atoms with Crippen molar-refractivity contribution in [2.45, 2.75) is 57.7 Å². The number of hydrogen-bond donors (Lipinski definition) is 2. The summed E-state index contributed by atoms with van der Waals surface area (Å²) < 4.78 is 39.3. The molecule has 182 valence electrons. The van der Waals surface area contributed by atoms with Crippen molar-refractivity contribution in [2.24, 2.45) is 4.99 Å². The van der Waals surface area contributed by atoms with Crippen LogP contribution in [-0.4, -0.2) is 69.0 Å². The number of rotatable bonds is 9. The summed E-state index contributed by atoms with van der Waals surface area (Å²) >= 11 is 0. The van der Waals surface area contributed by atoms with Crippen LogP contribution in [0.2, 0.25) is 0 Å². The molecule has 2 heterocycles. The van der Waals surface area contributed by atoms with Crippen molar-refractivity contribution in [1.29, 1.82) is 0 Å². The van der Waals surface area contributed by atoms with E-state index in [1.807, 2.05) is 6.92 Å². The lowest BCUT2D eigenvalue weighted by molar-refractivity contribution is -0.0318. The zero-order valence-corrected chi connectivity index (χ0v) is 21.3. The Morgan fingerprint density at radius 1 is 1.22 bits per heavy atom. The molecule has 0 aromatic heterocycles. The van der Waals surface area contributed by atoms with E-state index in [0.717, 1.165) is 70.9 Å². The lowest BCUT2D eigenvalue weighted by Gasteiger charge is -2.34. The number of likely N-dealkylation sites (tertiary alicyclic amines) is 1. The molecule has 2 N–H and O–H groups in total. The second kappa shape index (κ2) is 15.0. The van der Waals surface area contributed by atoms with E-state index in [9.17, 15) is 8.78 Å². The first-order valence-corrected chi connectivity index (χ1v) is 11.5. The van der Waals surface area contributed by atoms with Gasteiger partial charge in [-0.3, -0.25) is 9.89 Å². The second-order valence-electron chi connectivity index (χ2n) is 8.22. The van der Waals surface area contributed by atoms with Crippen LogP contribution in [0.15, 0.2) is 23.2 Å². The normalized spacial score (nSPS) is 20.6. The molecule has 9 heteroatoms. The molecule has 3 rings (SSSR count). The number of halogens is 3. The first-order chi connectivity index (χ1) is 15.2. The van der Waals surface area contributed by atoms with Crippen LogP contribution in [0.5, 0.6) is 0 Å². The molecule has 1 aromatic carbocycles. The monoisotopic (exact) mass is 566 g/mol. The standard InChI is InChI=1S/C23H36F2N4O2.HI/c1-2-26-23(27-11-5-13-31-19-9-14-30-15-10-19)28-18-6-4-12-29(16-18)17-20-21(24)7-3-8-22(20)25;/h3,7-8,18-19H,2,4-6,9-17H2,1H3,(H2,26,27,28);1H. The third-order valence-corrected chi connectivity index (χ3v) is 5.73. The molecular weight excluding hydrogens is 529 g/mol. The molecule has 0 radical (unpaired) electrons. The van der Waals surface area contributed by atoms with Crippen LogP contribution >= 0.6 is 24.0 Å². The summed E-state index contributed by atoms with van der Waals surface area (Å²) in [5.41, 5.74) is 0.147. The molecule has 1 unspecified atom stereocenters. The number of aliphatic imine (C=N–C) groups is 1. The highest BCUT2D eigenvalue weighted by Gasteiger charge is 2.22. The average Bonchev–Trinajstić information content (AvgIpc) is 2.77. The number of nitrogens with one attached hydrogen (secondary N) is 2. The summed E-state index contributed by atoms with van der Waals surface area (Å²) in [6, 6.07) is 4.24. The van der Waals surface area contributed by atoms with Gasteiger partial charge in [0.2, 0.25) is 0 Å². The van der Waals surface area contributed by atoms with Gasteiger partial charge in [0.05, 0.1) is 6.10 Å². The highest BCUT2D eigenvalue weighted by molar-refractivity contribution is 14.0. The van der Waals surface area contributed by atoms with Crippen molar-refractivity contribution in [2.75, 3.05) is 46.0 Å². The summed E-state index contributed by atoms with van der Waals surface area (Å²) in [5.74, 6) is -0.168. The molecule has 0 aliphatic carbocycles. The average molecular weight is 566 g/mol. The maximum Gasteiger partial charge on any atom is 0.191 e. The fourth-order valence-corrected chi connectivity index (χ4v) is 4.09. The van der Waals surface area contributed by atoms with E-state index in [1.54, 1.807) is 0 Å². The Labute approximate surface area is 207 Å². The molecule has 2 aliphatic rings. The predicted octanol–water partition coefficient (Wildman–Crippen LogP) is 3.69. The van der Waals surface area contributed by atoms with E-state index in [-0.39, 0.29) is 42.1 Å². The molecule has 0 spiro atoms. The minimum Gasteiger partial charge on any atom is -0.381 e. The molecule has 0 bridgehead atoms. The van der Waals surface area contributed by atoms with Gasteiger partial charge in [-0.1, -0.05) is 6.07 Å². The summed E-state index contributed by atoms with van der Waals surface area (Å²) in [6.45, 7) is 7.65. The Bertz CT molecular complexity index is 684. The molecule has 32 heavy (non-hydrogen) atoms. The molecule has 0 amide bonds. The van der Waals surface area contributed by atoms with Crippen LogP contribution in [0.25, 0.3) is 0 Å². The maximum absolute atomic E-state index is 14.0. The summed E-state index contributed by atoms with van der Waals surface area (Å²) in [7, 11) is 0. The van der Waals surface area contributed by atoms with E-state index in [0.29, 0.717) is 19.3 Å². The van der Waals surface area contributed by atoms with E-state index in [1.165, 1.54) is 18.2 Å². The predicted molar refractivity (Wildman–Crippen MR) is 134 cm³/mol. The Kier molecular flexibility index (Phi) is 12.7. The first kappa shape index (κ1) is 27.2. The van der Waals surface area contributed by atoms with Crippen LogP contribution in [0.1, 0.15) is 44.6 Å². The van der Waals surface area contributed by atoms with Gasteiger partial charge < -0.3 is 20.1 Å². The third kappa shape index (κ3) is 9.07. The van der Waals surface area contributed by atoms with E-state index >= 15 is 0 Å². The van der Waals surface area contributed by atoms with Gasteiger partial charge in [0.25, 0.3) is 0 Å². The molecule has 1 atom stereocenters. The van der Waals surface area contributed by atoms with Gasteiger partial charge in [0.1, 0.15) is 11.6 Å². The third-order valence-electron chi connectivity index (χ3n) is 5.73. The van der Waals surface area contributed by atoms with Crippen molar-refractivity contribution in [3.8, 4) is 0 Å². The Morgan fingerprint density at radius 3 is 2.69 bits per heavy atom. The van der Waals surface area contributed by atoms with Crippen molar-refractivity contribution in [3.05, 3.63) is 35.4 Å². The minimum absolute atomic E-state index is 0. The molecular formula is C23H37F2IN4O2. The number of piperidine rings is 1. The summed E-state index contributed by atoms with van der Waals surface area (Å²) in [4.78, 5) is 6.78. The van der Waals surface area contributed by atoms with Gasteiger partial charge in [0, 0.05) is 57.6 Å². The Balaban J connectivity index is 0.00000363. The van der Waals surface area contributed by atoms with Gasteiger partial charge in [-0.25, -0.2) is 8.78 Å². The smallest absolute Gasteiger partial charge is 0.191 e. The minimum atomic E-state index is -0.479. The van der Waals surface area contributed by atoms with E-state index < -0.39 is 11.6 Å². The van der Waals surface area contributed by atoms with Crippen LogP contribution in [-0.2, 0) is 16.0 Å². The zero-order valence-electron chi connectivity index (χ0n) is 19.0. The number of guanidine groups is 1. The maximum atomic E-state index is 14.0. The van der Waals surface area contributed by atoms with Gasteiger partial charge >= 0.3 is 0 Å². The quantitative estimate of drug-likeness (QED) is 0.207. The van der Waals surface area contributed by atoms with E-state index in [2.05, 4.69) is 20.5 Å². The lowest BCUT2D eigenvalue weighted by atomic mass is 10.0. The van der Waals surface area contributed by atoms with Gasteiger partial charge in [-0.2, -0.15) is 0 Å². The van der Waals surface area contributed by atoms with Crippen molar-refractivity contribution in [3.63, 3.8) is 0 Å². The lowest BCUT2D eigenvalue weighted by Crippen LogP contribution is -2.51. The van der Waals surface area contributed by atoms with Gasteiger partial charge in [-0.15, -0.1) is 24.0 Å². The van der Waals surface area contributed by atoms with Crippen molar-refractivity contribution >= 4 is 29.9 Å². The van der Waals surface area contributed by atoms with Crippen LogP contribution < -0.4 is 10.6 Å². The van der Waals surface area contributed by atoms with Gasteiger partial charge in [0.15, 0.2) is 5.96 Å². The summed E-state index contributed by atoms with van der Waals surface area (Å²) in [6.07, 6.45) is 5.12. The molecule has 2 saturated heterocycles. The fraction of sp³-hybridized carbons (Fsp3) is 0.696. The van der Waals surface area contributed by atoms with Gasteiger partial charge in [-0.05, 0) is 57.7 Å². The molecule has 6 nitrogen and oxygen atoms in total. The second-order valence-corrected chi connectivity index (χ2v) is 8.22. The fourth-order valence-electron chi connectivity index (χ4n) is 4.09. The van der Waals surface area contributed by atoms with Crippen molar-refractivity contribution < 1.29 is 18.3 Å². The van der Waals surface area contributed by atoms with Crippen LogP contribution in [0.3, 0.4) is 0 Å². The Morgan fingerprint density at radius 2 is 1.97 bits per heavy atom. The molecule has 1 aromatic rings. The largest absolute Gasteiger partial charge is 0.381 e. The molecule has 0 saturated carbocycles. The zero-order chi connectivity index (χ0) is 21.9. The SMILES string of the molecule is CCNC(=NCCCOC1CCOCC1)NC1CCCN(Cc2c(F)cccc2F)C1.I. The Hall–Kier alpha value is -1.04. The first-order valence-electron chi connectivity index (χ1n) is 11.5. The van der Waals surface area contributed by atoms with E-state index in [4.69, 9.17) is 9.47 Å². The van der Waals surface area contributed by atoms with Crippen LogP contribution in [0.4, 0.5) is 8.78 Å².